The van der Waals surface area contributed by atoms with Crippen molar-refractivity contribution in [3.05, 3.63) is 59.8 Å². The van der Waals surface area contributed by atoms with Crippen LogP contribution >= 0.6 is 0 Å². The van der Waals surface area contributed by atoms with Crippen LogP contribution in [0.5, 0.6) is 0 Å². The molecule has 1 amide bonds. The second-order valence-corrected chi connectivity index (χ2v) is 9.25. The first-order valence-electron chi connectivity index (χ1n) is 10.7. The number of primary amides is 1. The van der Waals surface area contributed by atoms with Crippen molar-refractivity contribution in [3.8, 4) is 5.69 Å². The van der Waals surface area contributed by atoms with Crippen molar-refractivity contribution < 1.29 is 4.79 Å². The second-order valence-electron chi connectivity index (χ2n) is 9.25. The molecule has 2 fully saturated rings. The predicted molar refractivity (Wildman–Crippen MR) is 119 cm³/mol. The number of benzene rings is 2. The summed E-state index contributed by atoms with van der Waals surface area (Å²) in [6.45, 7) is 3.33. The summed E-state index contributed by atoms with van der Waals surface area (Å²) < 4.78 is 1.84. The van der Waals surface area contributed by atoms with Crippen LogP contribution in [0, 0.1) is 5.41 Å². The maximum Gasteiger partial charge on any atom is 0.250 e. The third-order valence-corrected chi connectivity index (χ3v) is 7.25. The van der Waals surface area contributed by atoms with E-state index in [0.29, 0.717) is 21.9 Å². The lowest BCUT2D eigenvalue weighted by molar-refractivity contribution is 0.100. The van der Waals surface area contributed by atoms with E-state index in [0.717, 1.165) is 30.7 Å². The molecule has 3 aromatic rings. The summed E-state index contributed by atoms with van der Waals surface area (Å²) in [6, 6.07) is 14.4. The van der Waals surface area contributed by atoms with Crippen LogP contribution in [0.25, 0.3) is 16.6 Å². The minimum atomic E-state index is -0.450. The first kappa shape index (κ1) is 19.3. The lowest BCUT2D eigenvalue weighted by Crippen LogP contribution is -2.40. The summed E-state index contributed by atoms with van der Waals surface area (Å²) in [7, 11) is 4.31. The maximum absolute atomic E-state index is 11.7. The Labute approximate surface area is 177 Å². The van der Waals surface area contributed by atoms with Crippen LogP contribution in [-0.2, 0) is 5.41 Å². The highest BCUT2D eigenvalue weighted by molar-refractivity contribution is 6.04. The standard InChI is InChI=1S/C24H29N5O/c1-28(2)13-11-23-15-24(23,10-12-26-16-23)18-6-8-19(9-7-18)29-14-17-4-3-5-20(22(25)30)21(17)27-29/h3-9,14,26H,10-13,15-16H2,1-2H3,(H2,25,30). The Bertz CT molecular complexity index is 1100. The molecule has 1 aliphatic heterocycles. The first-order chi connectivity index (χ1) is 14.4. The number of fused-ring (bicyclic) bond motifs is 2. The molecule has 2 heterocycles. The molecule has 0 bridgehead atoms. The first-order valence-corrected chi connectivity index (χ1v) is 10.7. The van der Waals surface area contributed by atoms with Gasteiger partial charge in [0.15, 0.2) is 0 Å². The average molecular weight is 404 g/mol. The van der Waals surface area contributed by atoms with E-state index in [4.69, 9.17) is 5.73 Å². The zero-order chi connectivity index (χ0) is 20.9. The third-order valence-electron chi connectivity index (χ3n) is 7.25. The molecule has 3 N–H and O–H groups in total. The van der Waals surface area contributed by atoms with Crippen LogP contribution in [0.15, 0.2) is 48.7 Å². The molecular formula is C24H29N5O. The van der Waals surface area contributed by atoms with Crippen LogP contribution in [0.2, 0.25) is 0 Å². The van der Waals surface area contributed by atoms with E-state index < -0.39 is 5.91 Å². The monoisotopic (exact) mass is 403 g/mol. The van der Waals surface area contributed by atoms with Gasteiger partial charge in [-0.25, -0.2) is 4.68 Å². The number of rotatable bonds is 6. The molecule has 0 spiro atoms. The molecule has 1 aliphatic carbocycles. The number of nitrogens with one attached hydrogen (secondary N) is 1. The number of nitrogens with zero attached hydrogens (tertiary/aromatic N) is 3. The van der Waals surface area contributed by atoms with Gasteiger partial charge in [-0.05, 0) is 75.6 Å². The summed E-state index contributed by atoms with van der Waals surface area (Å²) in [6.07, 6.45) is 5.66. The van der Waals surface area contributed by atoms with Crippen LogP contribution in [0.3, 0.4) is 0 Å². The Morgan fingerprint density at radius 2 is 2.03 bits per heavy atom. The van der Waals surface area contributed by atoms with Crippen molar-refractivity contribution in [1.29, 1.82) is 0 Å². The SMILES string of the molecule is CN(C)CCC12CNCCC1(c1ccc(-n3cc4cccc(C(N)=O)c4n3)cc1)C2. The van der Waals surface area contributed by atoms with Crippen LogP contribution < -0.4 is 11.1 Å². The number of hydrogen-bond acceptors (Lipinski definition) is 4. The number of aromatic nitrogens is 2. The van der Waals surface area contributed by atoms with Gasteiger partial charge in [-0.3, -0.25) is 4.79 Å². The zero-order valence-corrected chi connectivity index (χ0v) is 17.7. The van der Waals surface area contributed by atoms with Gasteiger partial charge in [0.2, 0.25) is 0 Å². The molecular weight excluding hydrogens is 374 g/mol. The number of nitrogens with two attached hydrogens (primary N) is 1. The highest BCUT2D eigenvalue weighted by Crippen LogP contribution is 2.69. The topological polar surface area (TPSA) is 76.2 Å². The molecule has 0 radical (unpaired) electrons. The van der Waals surface area contributed by atoms with E-state index in [9.17, 15) is 4.79 Å². The summed E-state index contributed by atoms with van der Waals surface area (Å²) in [5.74, 6) is -0.450. The molecule has 2 aromatic carbocycles. The Kier molecular flexibility index (Phi) is 4.45. The van der Waals surface area contributed by atoms with Gasteiger partial charge in [-0.1, -0.05) is 24.3 Å². The number of carbonyl (C=O) groups is 1. The van der Waals surface area contributed by atoms with Gasteiger partial charge in [0.1, 0.15) is 5.52 Å². The molecule has 2 aliphatic rings. The molecule has 156 valence electrons. The van der Waals surface area contributed by atoms with E-state index in [-0.39, 0.29) is 0 Å². The average Bonchev–Trinajstić information content (AvgIpc) is 3.25. The highest BCUT2D eigenvalue weighted by atomic mass is 16.1. The molecule has 2 atom stereocenters. The van der Waals surface area contributed by atoms with E-state index in [1.165, 1.54) is 24.8 Å². The largest absolute Gasteiger partial charge is 0.366 e. The van der Waals surface area contributed by atoms with Crippen molar-refractivity contribution >= 4 is 16.8 Å². The van der Waals surface area contributed by atoms with Crippen molar-refractivity contribution in [2.24, 2.45) is 11.1 Å². The zero-order valence-electron chi connectivity index (χ0n) is 17.7. The molecule has 1 saturated carbocycles. The fourth-order valence-corrected chi connectivity index (χ4v) is 5.46. The maximum atomic E-state index is 11.7. The van der Waals surface area contributed by atoms with Crippen molar-refractivity contribution in [3.63, 3.8) is 0 Å². The summed E-state index contributed by atoms with van der Waals surface area (Å²) >= 11 is 0. The van der Waals surface area contributed by atoms with Crippen molar-refractivity contribution in [2.75, 3.05) is 33.7 Å². The van der Waals surface area contributed by atoms with E-state index in [1.54, 1.807) is 6.07 Å². The van der Waals surface area contributed by atoms with E-state index >= 15 is 0 Å². The minimum Gasteiger partial charge on any atom is -0.366 e. The smallest absolute Gasteiger partial charge is 0.250 e. The fraction of sp³-hybridized carbons (Fsp3) is 0.417. The van der Waals surface area contributed by atoms with Crippen molar-refractivity contribution in [2.45, 2.75) is 24.7 Å². The van der Waals surface area contributed by atoms with E-state index in [2.05, 4.69) is 53.7 Å². The fourth-order valence-electron chi connectivity index (χ4n) is 5.46. The number of carbonyl (C=O) groups excluding carboxylic acids is 1. The summed E-state index contributed by atoms with van der Waals surface area (Å²) in [5, 5.41) is 9.18. The Balaban J connectivity index is 1.44. The van der Waals surface area contributed by atoms with Gasteiger partial charge in [0.05, 0.1) is 11.3 Å². The van der Waals surface area contributed by atoms with Gasteiger partial charge in [-0.2, -0.15) is 5.10 Å². The molecule has 6 nitrogen and oxygen atoms in total. The molecule has 1 saturated heterocycles. The van der Waals surface area contributed by atoms with Crippen LogP contribution in [-0.4, -0.2) is 54.3 Å². The summed E-state index contributed by atoms with van der Waals surface area (Å²) in [4.78, 5) is 14.0. The van der Waals surface area contributed by atoms with Crippen molar-refractivity contribution in [1.82, 2.24) is 20.0 Å². The molecule has 1 aromatic heterocycles. The molecule has 2 unspecified atom stereocenters. The molecule has 5 rings (SSSR count). The van der Waals surface area contributed by atoms with Gasteiger partial charge in [0.25, 0.3) is 5.91 Å². The predicted octanol–water partition coefficient (Wildman–Crippen LogP) is 2.70. The van der Waals surface area contributed by atoms with Gasteiger partial charge < -0.3 is 16.0 Å². The van der Waals surface area contributed by atoms with Crippen LogP contribution in [0.1, 0.15) is 35.2 Å². The second kappa shape index (κ2) is 6.93. The molecule has 30 heavy (non-hydrogen) atoms. The Morgan fingerprint density at radius 3 is 2.77 bits per heavy atom. The Hall–Kier alpha value is -2.70. The highest BCUT2D eigenvalue weighted by Gasteiger charge is 2.67. The number of hydrogen-bond donors (Lipinski definition) is 2. The lowest BCUT2D eigenvalue weighted by Gasteiger charge is -2.32. The minimum absolute atomic E-state index is 0.306. The third kappa shape index (κ3) is 2.94. The lowest BCUT2D eigenvalue weighted by atomic mass is 9.79. The van der Waals surface area contributed by atoms with Gasteiger partial charge in [-0.15, -0.1) is 0 Å². The van der Waals surface area contributed by atoms with E-state index in [1.807, 2.05) is 23.0 Å². The Morgan fingerprint density at radius 1 is 1.23 bits per heavy atom. The summed E-state index contributed by atoms with van der Waals surface area (Å²) in [5.41, 5.74) is 9.75. The van der Waals surface area contributed by atoms with Gasteiger partial charge in [0, 0.05) is 23.5 Å². The van der Waals surface area contributed by atoms with Gasteiger partial charge >= 0.3 is 0 Å². The quantitative estimate of drug-likeness (QED) is 0.664. The number of piperidine rings is 1. The normalized spacial score (nSPS) is 25.4. The molecule has 6 heteroatoms. The van der Waals surface area contributed by atoms with Crippen LogP contribution in [0.4, 0.5) is 0 Å². The number of amides is 1.